The molecular formula is C59H66N5O7+. The Balaban J connectivity index is 1.16. The minimum Gasteiger partial charge on any atom is -0.481 e. The number of hydrogen-bond acceptors (Lipinski definition) is 7. The topological polar surface area (TPSA) is 165 Å². The lowest BCUT2D eigenvalue weighted by atomic mass is 9.79. The number of amides is 3. The predicted molar refractivity (Wildman–Crippen MR) is 279 cm³/mol. The van der Waals surface area contributed by atoms with Crippen molar-refractivity contribution in [3.05, 3.63) is 144 Å². The third-order valence-corrected chi connectivity index (χ3v) is 14.8. The van der Waals surface area contributed by atoms with Crippen molar-refractivity contribution in [1.82, 2.24) is 16.0 Å². The van der Waals surface area contributed by atoms with Crippen molar-refractivity contribution < 1.29 is 38.4 Å². The quantitative estimate of drug-likeness (QED) is 0.123. The number of anilines is 1. The van der Waals surface area contributed by atoms with Crippen LogP contribution >= 0.6 is 0 Å². The number of nitrogens with zero attached hydrogens (tertiary/aromatic N) is 2. The van der Waals surface area contributed by atoms with E-state index < -0.39 is 52.4 Å². The van der Waals surface area contributed by atoms with Gasteiger partial charge in [-0.05, 0) is 90.9 Å². The Hall–Kier alpha value is -7.21. The van der Waals surface area contributed by atoms with E-state index in [-0.39, 0.29) is 62.7 Å². The maximum absolute atomic E-state index is 14.3. The third-order valence-electron chi connectivity index (χ3n) is 14.8. The standard InChI is InChI=1S/C59H65N5O7/c1-37(57(70)71)34-49(66)45-22-15-31-60-52(67)29-32-63-46-27-25-40-18-10-12-20-43(40)54(46)58(3,4)50(63)23-14-24-51-59(5,6)55-44-21-13-11-19-41(44)26-28-47(55)64(51)33-30-53(68)61-38(2)48(65)36-42(56(69)62-45)35-39-16-8-7-9-17-39/h7-14,16-21,23-28,37-38,42,45H,15,22,29-36H2,1-6H3,(H3-,60,61,62,67,68,69,70,71)/p+1/t37-,38+,42+,45+/m1/s1. The number of carboxylic acid groups (broad SMARTS) is 1. The van der Waals surface area contributed by atoms with Gasteiger partial charge in [-0.25, -0.2) is 0 Å². The second-order valence-electron chi connectivity index (χ2n) is 20.5. The van der Waals surface area contributed by atoms with Gasteiger partial charge in [0.15, 0.2) is 23.8 Å². The van der Waals surface area contributed by atoms with Crippen molar-refractivity contribution >= 4 is 73.9 Å². The highest BCUT2D eigenvalue weighted by atomic mass is 16.4. The average Bonchev–Trinajstić information content (AvgIpc) is 3.71. The molecule has 3 heterocycles. The summed E-state index contributed by atoms with van der Waals surface area (Å²) in [5, 5.41) is 23.0. The molecule has 0 aliphatic carbocycles. The summed E-state index contributed by atoms with van der Waals surface area (Å²) in [6.07, 6.45) is 6.79. The normalized spacial score (nSPS) is 22.8. The number of nitrogens with one attached hydrogen (secondary N) is 3. The van der Waals surface area contributed by atoms with Gasteiger partial charge in [-0.15, -0.1) is 0 Å². The fourth-order valence-electron chi connectivity index (χ4n) is 10.9. The van der Waals surface area contributed by atoms with Crippen LogP contribution in [0.4, 0.5) is 11.4 Å². The van der Waals surface area contributed by atoms with Crippen molar-refractivity contribution in [2.75, 3.05) is 24.5 Å². The summed E-state index contributed by atoms with van der Waals surface area (Å²) in [6.45, 7) is 12.9. The van der Waals surface area contributed by atoms with Crippen LogP contribution in [0.1, 0.15) is 96.8 Å². The Morgan fingerprint density at radius 1 is 0.789 bits per heavy atom. The Labute approximate surface area is 416 Å². The number of allylic oxidation sites excluding steroid dienone is 4. The maximum atomic E-state index is 14.3. The highest BCUT2D eigenvalue weighted by Gasteiger charge is 2.46. The number of fused-ring (bicyclic) bond motifs is 9. The monoisotopic (exact) mass is 956 g/mol. The smallest absolute Gasteiger partial charge is 0.306 e. The first-order valence-electron chi connectivity index (χ1n) is 25.0. The van der Waals surface area contributed by atoms with E-state index in [4.69, 9.17) is 0 Å². The number of Topliss-reactive ketones (excluding diaryl/α,β-unsaturated/α-hetero) is 2. The van der Waals surface area contributed by atoms with Gasteiger partial charge >= 0.3 is 5.97 Å². The second-order valence-corrected chi connectivity index (χ2v) is 20.5. The fourth-order valence-corrected chi connectivity index (χ4v) is 10.9. The highest BCUT2D eigenvalue weighted by Crippen LogP contribution is 2.51. The molecule has 0 aromatic heterocycles. The van der Waals surface area contributed by atoms with Gasteiger partial charge < -0.3 is 26.0 Å². The van der Waals surface area contributed by atoms with Crippen LogP contribution in [-0.4, -0.2) is 82.4 Å². The SMILES string of the molecule is C[C@H](CC(=O)[C@@H]1CCCNC(=O)CC[N+]2=C(/C=C/C=C3/N(CCC(=O)N[C@@H](C)C(=O)C[C@H](Cc4ccccc4)C(=O)N1)c1ccc4ccccc4c1C3(C)C)C(C)(C)c1c2ccc2ccccc12)C(=O)O. The molecule has 5 aromatic carbocycles. The predicted octanol–water partition coefficient (Wildman–Crippen LogP) is 8.78. The summed E-state index contributed by atoms with van der Waals surface area (Å²) in [5.41, 5.74) is 6.31. The zero-order valence-electron chi connectivity index (χ0n) is 41.7. The van der Waals surface area contributed by atoms with Crippen LogP contribution in [0.25, 0.3) is 21.5 Å². The molecule has 4 atom stereocenters. The van der Waals surface area contributed by atoms with Crippen LogP contribution in [0.5, 0.6) is 0 Å². The van der Waals surface area contributed by atoms with Crippen molar-refractivity contribution in [3.63, 3.8) is 0 Å². The lowest BCUT2D eigenvalue weighted by Gasteiger charge is -2.27. The van der Waals surface area contributed by atoms with E-state index in [1.54, 1.807) is 6.92 Å². The molecule has 71 heavy (non-hydrogen) atoms. The van der Waals surface area contributed by atoms with Crippen LogP contribution in [-0.2, 0) is 46.0 Å². The first kappa shape index (κ1) is 50.2. The Kier molecular flexibility index (Phi) is 14.9. The highest BCUT2D eigenvalue weighted by molar-refractivity contribution is 6.08. The number of hydrogen-bond donors (Lipinski definition) is 4. The zero-order chi connectivity index (χ0) is 50.6. The van der Waals surface area contributed by atoms with Crippen molar-refractivity contribution in [1.29, 1.82) is 0 Å². The summed E-state index contributed by atoms with van der Waals surface area (Å²) < 4.78 is 2.24. The van der Waals surface area contributed by atoms with Crippen molar-refractivity contribution in [2.24, 2.45) is 11.8 Å². The number of carboxylic acids is 1. The molecule has 4 N–H and O–H groups in total. The van der Waals surface area contributed by atoms with E-state index in [2.05, 4.69) is 126 Å². The molecule has 3 amide bonds. The average molecular weight is 957 g/mol. The molecule has 12 heteroatoms. The number of benzene rings is 5. The Bertz CT molecular complexity index is 3000. The van der Waals surface area contributed by atoms with Gasteiger partial charge in [0, 0.05) is 72.8 Å². The molecule has 0 fully saturated rings. The van der Waals surface area contributed by atoms with Crippen LogP contribution in [0.3, 0.4) is 0 Å². The summed E-state index contributed by atoms with van der Waals surface area (Å²) in [5.74, 6) is -4.82. The van der Waals surface area contributed by atoms with E-state index in [0.717, 1.165) is 55.5 Å². The van der Waals surface area contributed by atoms with Crippen LogP contribution < -0.4 is 20.9 Å². The number of aliphatic carboxylic acids is 1. The number of rotatable bonds is 6. The zero-order valence-corrected chi connectivity index (χ0v) is 41.7. The molecular weight excluding hydrogens is 891 g/mol. The van der Waals surface area contributed by atoms with Gasteiger partial charge in [0.05, 0.1) is 29.8 Å². The maximum Gasteiger partial charge on any atom is 0.306 e. The molecule has 8 rings (SSSR count). The van der Waals surface area contributed by atoms with E-state index >= 15 is 0 Å². The molecule has 0 spiro atoms. The number of ketones is 2. The van der Waals surface area contributed by atoms with E-state index in [1.165, 1.54) is 12.5 Å². The van der Waals surface area contributed by atoms with Crippen LogP contribution in [0, 0.1) is 11.8 Å². The van der Waals surface area contributed by atoms with Gasteiger partial charge in [-0.2, -0.15) is 4.58 Å². The molecule has 12 nitrogen and oxygen atoms in total. The number of carbonyl (C=O) groups excluding carboxylic acids is 5. The molecule has 368 valence electrons. The Morgan fingerprint density at radius 2 is 1.45 bits per heavy atom. The van der Waals surface area contributed by atoms with E-state index in [9.17, 15) is 33.9 Å². The van der Waals surface area contributed by atoms with Crippen molar-refractivity contribution in [3.8, 4) is 0 Å². The van der Waals surface area contributed by atoms with Gasteiger partial charge in [-0.1, -0.05) is 112 Å². The first-order valence-corrected chi connectivity index (χ1v) is 25.0. The molecule has 3 aliphatic rings. The molecule has 0 bridgehead atoms. The molecule has 5 aromatic rings. The second kappa shape index (κ2) is 21.0. The largest absolute Gasteiger partial charge is 0.481 e. The van der Waals surface area contributed by atoms with Gasteiger partial charge in [0.2, 0.25) is 23.4 Å². The van der Waals surface area contributed by atoms with Crippen molar-refractivity contribution in [2.45, 2.75) is 109 Å². The Morgan fingerprint density at radius 3 is 2.15 bits per heavy atom. The van der Waals surface area contributed by atoms with E-state index in [1.807, 2.05) is 48.5 Å². The first-order chi connectivity index (χ1) is 33.9. The summed E-state index contributed by atoms with van der Waals surface area (Å²) in [7, 11) is 0. The lowest BCUT2D eigenvalue weighted by molar-refractivity contribution is -0.436. The summed E-state index contributed by atoms with van der Waals surface area (Å²) in [6, 6.07) is 32.5. The minimum atomic E-state index is -1.13. The number of carbonyl (C=O) groups is 6. The van der Waals surface area contributed by atoms with Gasteiger partial charge in [0.1, 0.15) is 0 Å². The summed E-state index contributed by atoms with van der Waals surface area (Å²) >= 11 is 0. The summed E-state index contributed by atoms with van der Waals surface area (Å²) in [4.78, 5) is 83.8. The molecule has 0 unspecified atom stereocenters. The third kappa shape index (κ3) is 10.6. The lowest BCUT2D eigenvalue weighted by Crippen LogP contribution is -2.47. The van der Waals surface area contributed by atoms with Gasteiger partial charge in [0.25, 0.3) is 0 Å². The van der Waals surface area contributed by atoms with Crippen LogP contribution in [0.15, 0.2) is 127 Å². The molecule has 0 radical (unpaired) electrons. The fraction of sp³-hybridized carbons (Fsp3) is 0.373. The molecule has 0 saturated carbocycles. The van der Waals surface area contributed by atoms with Gasteiger partial charge in [-0.3, -0.25) is 28.8 Å². The van der Waals surface area contributed by atoms with E-state index in [0.29, 0.717) is 19.5 Å². The molecule has 0 saturated heterocycles. The minimum absolute atomic E-state index is 0.0795. The molecule has 3 aliphatic heterocycles. The van der Waals surface area contributed by atoms with Crippen LogP contribution in [0.2, 0.25) is 0 Å².